The Hall–Kier alpha value is -0.990. The van der Waals surface area contributed by atoms with Crippen LogP contribution in [0.1, 0.15) is 37.3 Å². The van der Waals surface area contributed by atoms with Crippen LogP contribution in [0.5, 0.6) is 0 Å². The predicted octanol–water partition coefficient (Wildman–Crippen LogP) is 4.15. The van der Waals surface area contributed by atoms with E-state index in [0.29, 0.717) is 0 Å². The second-order valence-electron chi connectivity index (χ2n) is 4.21. The van der Waals surface area contributed by atoms with Gasteiger partial charge >= 0.3 is 6.18 Å². The topological polar surface area (TPSA) is 0 Å². The van der Waals surface area contributed by atoms with Crippen molar-refractivity contribution in [3.05, 3.63) is 35.4 Å². The molecule has 1 aliphatic rings. The van der Waals surface area contributed by atoms with Crippen LogP contribution in [-0.4, -0.2) is 0 Å². The van der Waals surface area contributed by atoms with E-state index in [-0.39, 0.29) is 5.41 Å². The van der Waals surface area contributed by atoms with Gasteiger partial charge in [0.05, 0.1) is 5.56 Å². The van der Waals surface area contributed by atoms with Crippen molar-refractivity contribution in [3.63, 3.8) is 0 Å². The average Bonchev–Trinajstić information content (AvgIpc) is 2.97. The van der Waals surface area contributed by atoms with Crippen molar-refractivity contribution in [2.45, 2.75) is 37.8 Å². The van der Waals surface area contributed by atoms with E-state index in [1.54, 1.807) is 0 Å². The molecule has 1 saturated carbocycles. The van der Waals surface area contributed by atoms with Crippen LogP contribution in [0.2, 0.25) is 0 Å². The highest BCUT2D eigenvalue weighted by Gasteiger charge is 2.43. The SMILES string of the molecule is CCC1(c2cccc(C(F)(F)F)c2)CC1. The zero-order valence-corrected chi connectivity index (χ0v) is 8.56. The maximum atomic E-state index is 12.5. The minimum absolute atomic E-state index is 0.0429. The summed E-state index contributed by atoms with van der Waals surface area (Å²) in [5.74, 6) is 0. The molecule has 82 valence electrons. The molecule has 0 N–H and O–H groups in total. The van der Waals surface area contributed by atoms with E-state index < -0.39 is 11.7 Å². The van der Waals surface area contributed by atoms with Crippen molar-refractivity contribution >= 4 is 0 Å². The van der Waals surface area contributed by atoms with E-state index in [1.807, 2.05) is 13.0 Å². The largest absolute Gasteiger partial charge is 0.416 e. The Morgan fingerprint density at radius 2 is 1.93 bits per heavy atom. The number of hydrogen-bond donors (Lipinski definition) is 0. The van der Waals surface area contributed by atoms with E-state index in [0.717, 1.165) is 30.9 Å². The molecule has 0 radical (unpaired) electrons. The van der Waals surface area contributed by atoms with Crippen LogP contribution in [0.4, 0.5) is 13.2 Å². The summed E-state index contributed by atoms with van der Waals surface area (Å²) in [4.78, 5) is 0. The van der Waals surface area contributed by atoms with Crippen LogP contribution < -0.4 is 0 Å². The Kier molecular flexibility index (Phi) is 2.28. The van der Waals surface area contributed by atoms with Crippen molar-refractivity contribution in [2.24, 2.45) is 0 Å². The van der Waals surface area contributed by atoms with Gasteiger partial charge in [0.1, 0.15) is 0 Å². The standard InChI is InChI=1S/C12H13F3/c1-2-11(6-7-11)9-4-3-5-10(8-9)12(13,14)15/h3-5,8H,2,6-7H2,1H3. The molecule has 15 heavy (non-hydrogen) atoms. The first-order valence-electron chi connectivity index (χ1n) is 5.16. The normalized spacial score (nSPS) is 18.9. The van der Waals surface area contributed by atoms with E-state index in [9.17, 15) is 13.2 Å². The summed E-state index contributed by atoms with van der Waals surface area (Å²) < 4.78 is 37.4. The van der Waals surface area contributed by atoms with Gasteiger partial charge in [0, 0.05) is 0 Å². The lowest BCUT2D eigenvalue weighted by molar-refractivity contribution is -0.137. The Morgan fingerprint density at radius 1 is 1.27 bits per heavy atom. The summed E-state index contributed by atoms with van der Waals surface area (Å²) in [6, 6.07) is 5.76. The number of alkyl halides is 3. The third kappa shape index (κ3) is 1.87. The lowest BCUT2D eigenvalue weighted by Gasteiger charge is -2.15. The van der Waals surface area contributed by atoms with Gasteiger partial charge in [0.25, 0.3) is 0 Å². The summed E-state index contributed by atoms with van der Waals surface area (Å²) in [6.45, 7) is 2.03. The van der Waals surface area contributed by atoms with E-state index >= 15 is 0 Å². The first kappa shape index (κ1) is 10.5. The molecule has 2 rings (SSSR count). The van der Waals surface area contributed by atoms with Crippen LogP contribution in [-0.2, 0) is 11.6 Å². The van der Waals surface area contributed by atoms with Crippen LogP contribution in [0, 0.1) is 0 Å². The van der Waals surface area contributed by atoms with Crippen molar-refractivity contribution < 1.29 is 13.2 Å². The number of halogens is 3. The van der Waals surface area contributed by atoms with Crippen molar-refractivity contribution in [3.8, 4) is 0 Å². The van der Waals surface area contributed by atoms with Crippen LogP contribution in [0.15, 0.2) is 24.3 Å². The molecular weight excluding hydrogens is 201 g/mol. The van der Waals surface area contributed by atoms with Gasteiger partial charge in [-0.3, -0.25) is 0 Å². The second-order valence-corrected chi connectivity index (χ2v) is 4.21. The molecule has 3 heteroatoms. The lowest BCUT2D eigenvalue weighted by atomic mass is 9.92. The molecule has 0 aliphatic heterocycles. The third-order valence-corrected chi connectivity index (χ3v) is 3.33. The zero-order chi connectivity index (χ0) is 11.1. The summed E-state index contributed by atoms with van der Waals surface area (Å²) in [7, 11) is 0. The van der Waals surface area contributed by atoms with Gasteiger partial charge in [0.2, 0.25) is 0 Å². The van der Waals surface area contributed by atoms with Crippen molar-refractivity contribution in [1.82, 2.24) is 0 Å². The Balaban J connectivity index is 2.35. The highest BCUT2D eigenvalue weighted by molar-refractivity contribution is 5.35. The molecule has 0 aromatic heterocycles. The lowest BCUT2D eigenvalue weighted by Crippen LogP contribution is -2.09. The maximum absolute atomic E-state index is 12.5. The smallest absolute Gasteiger partial charge is 0.166 e. The van der Waals surface area contributed by atoms with E-state index in [4.69, 9.17) is 0 Å². The molecule has 0 atom stereocenters. The number of hydrogen-bond acceptors (Lipinski definition) is 0. The molecule has 0 saturated heterocycles. The quantitative estimate of drug-likeness (QED) is 0.693. The van der Waals surface area contributed by atoms with Crippen molar-refractivity contribution in [2.75, 3.05) is 0 Å². The van der Waals surface area contributed by atoms with Crippen LogP contribution >= 0.6 is 0 Å². The molecule has 0 heterocycles. The fourth-order valence-corrected chi connectivity index (χ4v) is 2.02. The summed E-state index contributed by atoms with van der Waals surface area (Å²) in [6.07, 6.45) is -1.26. The molecule has 0 bridgehead atoms. The van der Waals surface area contributed by atoms with E-state index in [1.165, 1.54) is 12.1 Å². The Labute approximate surface area is 87.1 Å². The number of rotatable bonds is 2. The van der Waals surface area contributed by atoms with Crippen LogP contribution in [0.3, 0.4) is 0 Å². The Morgan fingerprint density at radius 3 is 2.40 bits per heavy atom. The second kappa shape index (κ2) is 3.26. The van der Waals surface area contributed by atoms with Gasteiger partial charge in [0.15, 0.2) is 0 Å². The Bertz CT molecular complexity index is 361. The first-order chi connectivity index (χ1) is 6.98. The molecule has 1 aromatic rings. The summed E-state index contributed by atoms with van der Waals surface area (Å²) in [5.41, 5.74) is 0.362. The van der Waals surface area contributed by atoms with Gasteiger partial charge < -0.3 is 0 Å². The summed E-state index contributed by atoms with van der Waals surface area (Å²) in [5, 5.41) is 0. The highest BCUT2D eigenvalue weighted by atomic mass is 19.4. The monoisotopic (exact) mass is 214 g/mol. The maximum Gasteiger partial charge on any atom is 0.416 e. The van der Waals surface area contributed by atoms with Gasteiger partial charge in [-0.05, 0) is 36.3 Å². The molecule has 1 fully saturated rings. The van der Waals surface area contributed by atoms with Gasteiger partial charge in [-0.1, -0.05) is 25.1 Å². The minimum Gasteiger partial charge on any atom is -0.166 e. The fraction of sp³-hybridized carbons (Fsp3) is 0.500. The van der Waals surface area contributed by atoms with Crippen LogP contribution in [0.25, 0.3) is 0 Å². The van der Waals surface area contributed by atoms with Crippen molar-refractivity contribution in [1.29, 1.82) is 0 Å². The van der Waals surface area contributed by atoms with E-state index in [2.05, 4.69) is 0 Å². The first-order valence-corrected chi connectivity index (χ1v) is 5.16. The molecule has 1 aromatic carbocycles. The number of benzene rings is 1. The zero-order valence-electron chi connectivity index (χ0n) is 8.56. The molecule has 0 amide bonds. The fourth-order valence-electron chi connectivity index (χ4n) is 2.02. The van der Waals surface area contributed by atoms with Gasteiger partial charge in [-0.2, -0.15) is 13.2 Å². The third-order valence-electron chi connectivity index (χ3n) is 3.33. The minimum atomic E-state index is -4.22. The average molecular weight is 214 g/mol. The highest BCUT2D eigenvalue weighted by Crippen LogP contribution is 2.51. The molecule has 0 unspecified atom stereocenters. The van der Waals surface area contributed by atoms with Gasteiger partial charge in [-0.25, -0.2) is 0 Å². The molecule has 0 nitrogen and oxygen atoms in total. The predicted molar refractivity (Wildman–Crippen MR) is 52.6 cm³/mol. The molecular formula is C12H13F3. The summed E-state index contributed by atoms with van der Waals surface area (Å²) >= 11 is 0. The molecule has 1 aliphatic carbocycles. The molecule has 0 spiro atoms. The van der Waals surface area contributed by atoms with Gasteiger partial charge in [-0.15, -0.1) is 0 Å².